The molecule has 1 saturated carbocycles. The summed E-state index contributed by atoms with van der Waals surface area (Å²) < 4.78 is 11.7. The number of ether oxygens (including phenoxy) is 2. The number of hydrogen-bond acceptors (Lipinski definition) is 3. The van der Waals surface area contributed by atoms with Crippen molar-refractivity contribution in [1.82, 2.24) is 0 Å². The van der Waals surface area contributed by atoms with E-state index in [4.69, 9.17) is 9.47 Å². The molecule has 162 valence electrons. The Bertz CT molecular complexity index is 762. The van der Waals surface area contributed by atoms with Gasteiger partial charge < -0.3 is 9.47 Å². The first kappa shape index (κ1) is 22.5. The van der Waals surface area contributed by atoms with Gasteiger partial charge in [-0.2, -0.15) is 0 Å². The van der Waals surface area contributed by atoms with Crippen LogP contribution in [0.4, 0.5) is 0 Å². The summed E-state index contributed by atoms with van der Waals surface area (Å²) in [5.41, 5.74) is 3.94. The average Bonchev–Trinajstić information content (AvgIpc) is 2.59. The van der Waals surface area contributed by atoms with Crippen LogP contribution in [0.5, 0.6) is 5.75 Å². The van der Waals surface area contributed by atoms with Gasteiger partial charge in [-0.15, -0.1) is 0 Å². The zero-order valence-electron chi connectivity index (χ0n) is 19.6. The molecule has 0 N–H and O–H groups in total. The van der Waals surface area contributed by atoms with Crippen LogP contribution in [0.25, 0.3) is 0 Å². The maximum Gasteiger partial charge on any atom is 0.189 e. The van der Waals surface area contributed by atoms with Crippen LogP contribution in [-0.4, -0.2) is 27.3 Å². The summed E-state index contributed by atoms with van der Waals surface area (Å²) in [7, 11) is -1.10. The summed E-state index contributed by atoms with van der Waals surface area (Å²) in [6.07, 6.45) is 5.92. The minimum atomic E-state index is -1.10. The molecule has 0 aromatic heterocycles. The maximum atomic E-state index is 12.5. The predicted molar refractivity (Wildman–Crippen MR) is 123 cm³/mol. The van der Waals surface area contributed by atoms with Gasteiger partial charge in [0, 0.05) is 20.2 Å². The van der Waals surface area contributed by atoms with Gasteiger partial charge in [-0.1, -0.05) is 46.8 Å². The Morgan fingerprint density at radius 2 is 1.90 bits per heavy atom. The van der Waals surface area contributed by atoms with Crippen molar-refractivity contribution in [2.75, 3.05) is 13.4 Å². The van der Waals surface area contributed by atoms with Crippen LogP contribution in [-0.2, 0) is 16.6 Å². The number of hydrogen-bond donors (Lipinski definition) is 0. The van der Waals surface area contributed by atoms with E-state index < -0.39 is 8.07 Å². The highest BCUT2D eigenvalue weighted by Crippen LogP contribution is 2.57. The normalized spacial score (nSPS) is 25.8. The van der Waals surface area contributed by atoms with Gasteiger partial charge in [-0.05, 0) is 78.7 Å². The van der Waals surface area contributed by atoms with E-state index >= 15 is 0 Å². The molecular formula is C25H40O3Si. The molecule has 0 aliphatic heterocycles. The Labute approximate surface area is 178 Å². The Morgan fingerprint density at radius 1 is 1.17 bits per heavy atom. The zero-order chi connectivity index (χ0) is 21.4. The van der Waals surface area contributed by atoms with Gasteiger partial charge in [0.25, 0.3) is 0 Å². The topological polar surface area (TPSA) is 35.5 Å². The average molecular weight is 417 g/mol. The molecule has 29 heavy (non-hydrogen) atoms. The lowest BCUT2D eigenvalue weighted by Crippen LogP contribution is -2.48. The summed E-state index contributed by atoms with van der Waals surface area (Å²) in [5, 5.41) is 0. The molecule has 0 heterocycles. The van der Waals surface area contributed by atoms with Crippen LogP contribution in [0.1, 0.15) is 74.9 Å². The number of Topliss-reactive ketones (excluding diaryl/α,β-unsaturated/α-hetero) is 1. The second kappa shape index (κ2) is 8.18. The molecule has 2 aliphatic rings. The van der Waals surface area contributed by atoms with Crippen LogP contribution in [0.15, 0.2) is 12.1 Å². The van der Waals surface area contributed by atoms with Gasteiger partial charge in [0.2, 0.25) is 0 Å². The van der Waals surface area contributed by atoms with E-state index in [1.165, 1.54) is 36.8 Å². The van der Waals surface area contributed by atoms with Gasteiger partial charge >= 0.3 is 0 Å². The smallest absolute Gasteiger partial charge is 0.189 e. The molecule has 1 aromatic carbocycles. The lowest BCUT2D eigenvalue weighted by Gasteiger charge is -2.54. The van der Waals surface area contributed by atoms with Crippen molar-refractivity contribution in [3.05, 3.63) is 28.8 Å². The molecule has 0 amide bonds. The zero-order valence-corrected chi connectivity index (χ0v) is 20.6. The fraction of sp³-hybridized carbons (Fsp3) is 0.720. The number of fused-ring (bicyclic) bond motifs is 3. The minimum absolute atomic E-state index is 0.123. The van der Waals surface area contributed by atoms with Crippen molar-refractivity contribution >= 4 is 13.9 Å². The van der Waals surface area contributed by atoms with Crippen molar-refractivity contribution in [3.63, 3.8) is 0 Å². The molecule has 0 spiro atoms. The first-order valence-corrected chi connectivity index (χ1v) is 15.0. The third-order valence-corrected chi connectivity index (χ3v) is 9.14. The molecule has 0 saturated heterocycles. The van der Waals surface area contributed by atoms with Crippen molar-refractivity contribution < 1.29 is 14.3 Å². The molecule has 3 rings (SSSR count). The van der Waals surface area contributed by atoms with Crippen molar-refractivity contribution in [3.8, 4) is 5.75 Å². The molecule has 0 bridgehead atoms. The fourth-order valence-corrected chi connectivity index (χ4v) is 6.57. The van der Waals surface area contributed by atoms with Gasteiger partial charge in [-0.25, -0.2) is 0 Å². The Kier molecular flexibility index (Phi) is 6.36. The van der Waals surface area contributed by atoms with Gasteiger partial charge in [-0.3, -0.25) is 4.79 Å². The Balaban J connectivity index is 1.86. The second-order valence-electron chi connectivity index (χ2n) is 11.4. The third kappa shape index (κ3) is 4.79. The van der Waals surface area contributed by atoms with Crippen LogP contribution in [0.2, 0.25) is 25.7 Å². The largest absolute Gasteiger partial charge is 0.468 e. The monoisotopic (exact) mass is 416 g/mol. The van der Waals surface area contributed by atoms with Gasteiger partial charge in [0.15, 0.2) is 12.6 Å². The molecule has 2 aliphatic carbocycles. The molecule has 4 heteroatoms. The van der Waals surface area contributed by atoms with E-state index in [-0.39, 0.29) is 18.0 Å². The molecule has 2 atom stereocenters. The highest BCUT2D eigenvalue weighted by atomic mass is 28.3. The van der Waals surface area contributed by atoms with Crippen LogP contribution in [0, 0.1) is 11.3 Å². The Morgan fingerprint density at radius 3 is 2.55 bits per heavy atom. The highest BCUT2D eigenvalue weighted by molar-refractivity contribution is 6.76. The minimum Gasteiger partial charge on any atom is -0.468 e. The van der Waals surface area contributed by atoms with E-state index in [0.717, 1.165) is 30.4 Å². The number of carbonyl (C=O) groups is 1. The summed E-state index contributed by atoms with van der Waals surface area (Å²) >= 11 is 0. The summed E-state index contributed by atoms with van der Waals surface area (Å²) in [6, 6.07) is 5.30. The number of ketones is 1. The first-order valence-electron chi connectivity index (χ1n) is 11.3. The predicted octanol–water partition coefficient (Wildman–Crippen LogP) is 6.61. The summed E-state index contributed by atoms with van der Waals surface area (Å²) in [4.78, 5) is 12.5. The Hall–Kier alpha value is -1.13. The number of rotatable bonds is 7. The first-order chi connectivity index (χ1) is 13.4. The lowest BCUT2D eigenvalue weighted by atomic mass is 9.50. The molecule has 3 nitrogen and oxygen atoms in total. The van der Waals surface area contributed by atoms with Crippen molar-refractivity contribution in [1.29, 1.82) is 0 Å². The van der Waals surface area contributed by atoms with Crippen LogP contribution < -0.4 is 4.74 Å². The molecule has 1 fully saturated rings. The van der Waals surface area contributed by atoms with E-state index in [9.17, 15) is 4.79 Å². The van der Waals surface area contributed by atoms with Gasteiger partial charge in [0.1, 0.15) is 5.75 Å². The number of carbonyl (C=O) groups excluding carboxylic acids is 1. The highest BCUT2D eigenvalue weighted by Gasteiger charge is 2.50. The lowest BCUT2D eigenvalue weighted by molar-refractivity contribution is 0.0207. The quantitative estimate of drug-likeness (QED) is 0.217. The van der Waals surface area contributed by atoms with E-state index in [2.05, 4.69) is 46.5 Å². The summed E-state index contributed by atoms with van der Waals surface area (Å²) in [6.45, 7) is 17.0. The van der Waals surface area contributed by atoms with Crippen molar-refractivity contribution in [2.45, 2.75) is 90.9 Å². The van der Waals surface area contributed by atoms with Crippen molar-refractivity contribution in [2.24, 2.45) is 11.3 Å². The molecular weight excluding hydrogens is 376 g/mol. The standard InChI is InChI=1S/C25H40O3Si/c1-18(26)21-15-19(28-17-27-13-14-29(5,6)7)16-22-20(21)9-10-23-24(2,3)11-8-12-25(22,23)4/h15-16,23H,8-14,17H2,1-7H3. The SMILES string of the molecule is CC(=O)c1cc(OCOCC[Si](C)(C)C)cc2c1CCC1C(C)(C)CCCC21C. The second-order valence-corrected chi connectivity index (χ2v) is 17.0. The van der Waals surface area contributed by atoms with E-state index in [0.29, 0.717) is 11.3 Å². The fourth-order valence-electron chi connectivity index (χ4n) is 5.81. The van der Waals surface area contributed by atoms with E-state index in [1.807, 2.05) is 6.07 Å². The third-order valence-electron chi connectivity index (χ3n) is 7.44. The van der Waals surface area contributed by atoms with E-state index in [1.54, 1.807) is 6.92 Å². The summed E-state index contributed by atoms with van der Waals surface area (Å²) in [5.74, 6) is 1.58. The maximum absolute atomic E-state index is 12.5. The van der Waals surface area contributed by atoms with Gasteiger partial charge in [0.05, 0.1) is 0 Å². The van der Waals surface area contributed by atoms with Crippen LogP contribution in [0.3, 0.4) is 0 Å². The van der Waals surface area contributed by atoms with Crippen LogP contribution >= 0.6 is 0 Å². The molecule has 2 unspecified atom stereocenters. The molecule has 0 radical (unpaired) electrons. The molecule has 1 aromatic rings. The number of benzene rings is 1.